The molecule has 0 spiro atoms. The summed E-state index contributed by atoms with van der Waals surface area (Å²) in [6.45, 7) is 4.86. The molecule has 106 valence electrons. The Balaban J connectivity index is 2.66. The molecule has 19 heavy (non-hydrogen) atoms. The standard InChI is InChI=1S/C13H18Br2N2O2/c1-8-6-10(14)12(11(15)7-8)17-9(2)13(18)16-4-5-19-3/h6-7,9,17H,4-5H2,1-3H3,(H,16,18). The van der Waals surface area contributed by atoms with Gasteiger partial charge in [-0.25, -0.2) is 0 Å². The zero-order valence-corrected chi connectivity index (χ0v) is 14.4. The molecule has 0 aliphatic rings. The Labute approximate surface area is 130 Å². The van der Waals surface area contributed by atoms with E-state index in [2.05, 4.69) is 42.5 Å². The molecule has 0 aliphatic carbocycles. The van der Waals surface area contributed by atoms with Gasteiger partial charge in [0.15, 0.2) is 0 Å². The predicted molar refractivity (Wildman–Crippen MR) is 84.5 cm³/mol. The molecule has 0 aromatic heterocycles. The van der Waals surface area contributed by atoms with E-state index in [0.29, 0.717) is 13.2 Å². The van der Waals surface area contributed by atoms with Crippen molar-refractivity contribution in [1.82, 2.24) is 5.32 Å². The van der Waals surface area contributed by atoms with E-state index in [0.717, 1.165) is 20.2 Å². The lowest BCUT2D eigenvalue weighted by molar-refractivity contribution is -0.121. The molecule has 1 aromatic rings. The van der Waals surface area contributed by atoms with E-state index >= 15 is 0 Å². The number of amides is 1. The number of methoxy groups -OCH3 is 1. The second kappa shape index (κ2) is 7.87. The van der Waals surface area contributed by atoms with Crippen molar-refractivity contribution in [2.45, 2.75) is 19.9 Å². The lowest BCUT2D eigenvalue weighted by atomic mass is 10.2. The second-order valence-corrected chi connectivity index (χ2v) is 5.96. The van der Waals surface area contributed by atoms with E-state index < -0.39 is 0 Å². The van der Waals surface area contributed by atoms with Crippen molar-refractivity contribution in [3.8, 4) is 0 Å². The first-order chi connectivity index (χ1) is 8.95. The molecule has 1 unspecified atom stereocenters. The van der Waals surface area contributed by atoms with Gasteiger partial charge in [-0.15, -0.1) is 0 Å². The maximum absolute atomic E-state index is 11.9. The van der Waals surface area contributed by atoms with Crippen LogP contribution in [0.5, 0.6) is 0 Å². The molecule has 1 aromatic carbocycles. The SMILES string of the molecule is COCCNC(=O)C(C)Nc1c(Br)cc(C)cc1Br. The van der Waals surface area contributed by atoms with Crippen LogP contribution >= 0.6 is 31.9 Å². The van der Waals surface area contributed by atoms with Gasteiger partial charge in [0.25, 0.3) is 0 Å². The first kappa shape index (κ1) is 16.5. The highest BCUT2D eigenvalue weighted by Gasteiger charge is 2.15. The van der Waals surface area contributed by atoms with Crippen molar-refractivity contribution < 1.29 is 9.53 Å². The van der Waals surface area contributed by atoms with E-state index in [-0.39, 0.29) is 11.9 Å². The summed E-state index contributed by atoms with van der Waals surface area (Å²) in [5, 5.41) is 5.98. The van der Waals surface area contributed by atoms with Gasteiger partial charge in [0.2, 0.25) is 5.91 Å². The first-order valence-corrected chi connectivity index (χ1v) is 7.53. The minimum absolute atomic E-state index is 0.0589. The third kappa shape index (κ3) is 5.12. The number of benzene rings is 1. The fourth-order valence-corrected chi connectivity index (χ4v) is 3.19. The van der Waals surface area contributed by atoms with Crippen LogP contribution in [0.15, 0.2) is 21.1 Å². The summed E-state index contributed by atoms with van der Waals surface area (Å²) in [7, 11) is 1.61. The molecule has 0 radical (unpaired) electrons. The molecular weight excluding hydrogens is 376 g/mol. The minimum atomic E-state index is -0.327. The Morgan fingerprint density at radius 3 is 2.47 bits per heavy atom. The Kier molecular flexibility index (Phi) is 6.82. The number of hydrogen-bond donors (Lipinski definition) is 2. The van der Waals surface area contributed by atoms with Gasteiger partial charge in [-0.3, -0.25) is 4.79 Å². The van der Waals surface area contributed by atoms with Crippen molar-refractivity contribution in [1.29, 1.82) is 0 Å². The number of hydrogen-bond acceptors (Lipinski definition) is 3. The molecule has 1 rings (SSSR count). The van der Waals surface area contributed by atoms with E-state index in [1.54, 1.807) is 7.11 Å². The van der Waals surface area contributed by atoms with Crippen LogP contribution in [0.3, 0.4) is 0 Å². The van der Waals surface area contributed by atoms with Crippen molar-refractivity contribution >= 4 is 43.5 Å². The lowest BCUT2D eigenvalue weighted by Gasteiger charge is -2.18. The molecule has 0 heterocycles. The molecule has 0 fully saturated rings. The Bertz CT molecular complexity index is 429. The highest BCUT2D eigenvalue weighted by Crippen LogP contribution is 2.32. The van der Waals surface area contributed by atoms with Crippen LogP contribution in [0, 0.1) is 6.92 Å². The number of aryl methyl sites for hydroxylation is 1. The average molecular weight is 394 g/mol. The maximum Gasteiger partial charge on any atom is 0.242 e. The van der Waals surface area contributed by atoms with Gasteiger partial charge in [0, 0.05) is 22.6 Å². The molecule has 1 atom stereocenters. The number of ether oxygens (including phenoxy) is 1. The molecule has 0 aliphatic heterocycles. The zero-order chi connectivity index (χ0) is 14.4. The highest BCUT2D eigenvalue weighted by molar-refractivity contribution is 9.11. The Morgan fingerprint density at radius 1 is 1.37 bits per heavy atom. The second-order valence-electron chi connectivity index (χ2n) is 4.25. The average Bonchev–Trinajstić information content (AvgIpc) is 2.33. The first-order valence-electron chi connectivity index (χ1n) is 5.94. The highest BCUT2D eigenvalue weighted by atomic mass is 79.9. The summed E-state index contributed by atoms with van der Waals surface area (Å²) in [5.74, 6) is -0.0589. The van der Waals surface area contributed by atoms with Crippen LogP contribution in [0.4, 0.5) is 5.69 Å². The van der Waals surface area contributed by atoms with Crippen LogP contribution in [-0.2, 0) is 9.53 Å². The summed E-state index contributed by atoms with van der Waals surface area (Å²) >= 11 is 6.99. The van der Waals surface area contributed by atoms with Gasteiger partial charge < -0.3 is 15.4 Å². The number of halogens is 2. The Hall–Kier alpha value is -0.590. The van der Waals surface area contributed by atoms with E-state index in [1.165, 1.54) is 0 Å². The number of carbonyl (C=O) groups is 1. The lowest BCUT2D eigenvalue weighted by Crippen LogP contribution is -2.39. The number of anilines is 1. The molecular formula is C13H18Br2N2O2. The van der Waals surface area contributed by atoms with Crippen molar-refractivity contribution in [3.05, 3.63) is 26.6 Å². The molecule has 6 heteroatoms. The normalized spacial score (nSPS) is 12.1. The van der Waals surface area contributed by atoms with Gasteiger partial charge >= 0.3 is 0 Å². The predicted octanol–water partition coefficient (Wildman–Crippen LogP) is 3.08. The summed E-state index contributed by atoms with van der Waals surface area (Å²) in [6, 6.07) is 3.68. The minimum Gasteiger partial charge on any atom is -0.383 e. The van der Waals surface area contributed by atoms with E-state index in [4.69, 9.17) is 4.74 Å². The van der Waals surface area contributed by atoms with Gasteiger partial charge in [-0.1, -0.05) is 0 Å². The van der Waals surface area contributed by atoms with Crippen LogP contribution in [-0.4, -0.2) is 32.2 Å². The molecule has 4 nitrogen and oxygen atoms in total. The molecule has 0 saturated heterocycles. The van der Waals surface area contributed by atoms with Gasteiger partial charge in [0.1, 0.15) is 6.04 Å². The largest absolute Gasteiger partial charge is 0.383 e. The van der Waals surface area contributed by atoms with Crippen LogP contribution in [0.25, 0.3) is 0 Å². The number of nitrogens with one attached hydrogen (secondary N) is 2. The molecule has 1 amide bonds. The van der Waals surface area contributed by atoms with E-state index in [9.17, 15) is 4.79 Å². The van der Waals surface area contributed by atoms with Crippen molar-refractivity contribution in [3.63, 3.8) is 0 Å². The van der Waals surface area contributed by atoms with Crippen LogP contribution in [0.2, 0.25) is 0 Å². The quantitative estimate of drug-likeness (QED) is 0.730. The van der Waals surface area contributed by atoms with Gasteiger partial charge in [-0.2, -0.15) is 0 Å². The third-order valence-electron chi connectivity index (χ3n) is 2.55. The summed E-state index contributed by atoms with van der Waals surface area (Å²) in [5.41, 5.74) is 2.02. The smallest absolute Gasteiger partial charge is 0.242 e. The number of rotatable bonds is 6. The number of carbonyl (C=O) groups excluding carboxylic acids is 1. The van der Waals surface area contributed by atoms with Crippen LogP contribution in [0.1, 0.15) is 12.5 Å². The monoisotopic (exact) mass is 392 g/mol. The molecule has 0 bridgehead atoms. The molecule has 2 N–H and O–H groups in total. The van der Waals surface area contributed by atoms with Crippen molar-refractivity contribution in [2.24, 2.45) is 0 Å². The molecule has 0 saturated carbocycles. The maximum atomic E-state index is 11.9. The Morgan fingerprint density at radius 2 is 1.95 bits per heavy atom. The fourth-order valence-electron chi connectivity index (χ4n) is 1.55. The topological polar surface area (TPSA) is 50.4 Å². The zero-order valence-electron chi connectivity index (χ0n) is 11.2. The van der Waals surface area contributed by atoms with Crippen molar-refractivity contribution in [2.75, 3.05) is 25.6 Å². The summed E-state index contributed by atoms with van der Waals surface area (Å²) in [6.07, 6.45) is 0. The van der Waals surface area contributed by atoms with Gasteiger partial charge in [0.05, 0.1) is 12.3 Å². The summed E-state index contributed by atoms with van der Waals surface area (Å²) < 4.78 is 6.75. The van der Waals surface area contributed by atoms with Crippen LogP contribution < -0.4 is 10.6 Å². The van der Waals surface area contributed by atoms with Gasteiger partial charge in [-0.05, 0) is 63.4 Å². The summed E-state index contributed by atoms with van der Waals surface area (Å²) in [4.78, 5) is 11.9. The van der Waals surface area contributed by atoms with E-state index in [1.807, 2.05) is 26.0 Å². The fraction of sp³-hybridized carbons (Fsp3) is 0.462. The third-order valence-corrected chi connectivity index (χ3v) is 3.80.